The molecule has 1 aromatic carbocycles. The second-order valence-electron chi connectivity index (χ2n) is 7.87. The number of nitro groups is 1. The van der Waals surface area contributed by atoms with Crippen LogP contribution in [0.15, 0.2) is 34.0 Å². The molecule has 0 saturated carbocycles. The van der Waals surface area contributed by atoms with Gasteiger partial charge in [0.15, 0.2) is 0 Å². The summed E-state index contributed by atoms with van der Waals surface area (Å²) in [4.78, 5) is 50.5. The minimum absolute atomic E-state index is 0.0506. The molecule has 2 aliphatic rings. The smallest absolute Gasteiger partial charge is 0.333 e. The molecule has 170 valence electrons. The number of nitro benzene ring substituents is 1. The number of carbonyl (C=O) groups excluding carboxylic acids is 1. The van der Waals surface area contributed by atoms with Gasteiger partial charge in [0.2, 0.25) is 5.91 Å². The molecule has 1 saturated heterocycles. The number of carbonyl (C=O) groups is 1. The van der Waals surface area contributed by atoms with Crippen molar-refractivity contribution in [3.63, 3.8) is 0 Å². The lowest BCUT2D eigenvalue weighted by Crippen LogP contribution is -2.46. The van der Waals surface area contributed by atoms with E-state index in [2.05, 4.69) is 0 Å². The van der Waals surface area contributed by atoms with Gasteiger partial charge in [-0.3, -0.25) is 28.8 Å². The maximum atomic E-state index is 13.0. The van der Waals surface area contributed by atoms with Crippen LogP contribution < -0.4 is 16.1 Å². The fraction of sp³-hybridized carbons (Fsp3) is 0.450. The van der Waals surface area contributed by atoms with E-state index in [-0.39, 0.29) is 24.2 Å². The minimum Gasteiger partial charge on any atom is -0.394 e. The summed E-state index contributed by atoms with van der Waals surface area (Å²) < 4.78 is 7.47. The molecular formula is C20H22N4O8. The summed E-state index contributed by atoms with van der Waals surface area (Å²) in [5, 5.41) is 30.2. The molecule has 1 amide bonds. The third-order valence-corrected chi connectivity index (χ3v) is 5.83. The number of non-ortho nitro benzene ring substituents is 1. The number of hydrogen-bond donors (Lipinski definition) is 2. The maximum absolute atomic E-state index is 13.0. The number of nitrogens with zero attached hydrogens (tertiary/aromatic N) is 4. The second kappa shape index (κ2) is 8.30. The SMILES string of the molecule is Cc1cn([C@@H]2C[C@H](O)[C@H](CO)O2)c(=O)n(CC(=O)N2CCc3cc([N+](=O)[O-])ccc32)c1=O. The molecule has 0 bridgehead atoms. The van der Waals surface area contributed by atoms with Gasteiger partial charge in [-0.05, 0) is 25.0 Å². The third-order valence-electron chi connectivity index (χ3n) is 5.83. The number of aryl methyl sites for hydroxylation is 1. The number of amides is 1. The Morgan fingerprint density at radius 3 is 2.75 bits per heavy atom. The van der Waals surface area contributed by atoms with Crippen molar-refractivity contribution in [1.82, 2.24) is 9.13 Å². The van der Waals surface area contributed by atoms with Gasteiger partial charge in [0, 0.05) is 42.5 Å². The Balaban J connectivity index is 1.63. The summed E-state index contributed by atoms with van der Waals surface area (Å²) in [6.45, 7) is 0.836. The first kappa shape index (κ1) is 21.9. The molecule has 0 aliphatic carbocycles. The molecule has 2 aromatic rings. The Bertz CT molecular complexity index is 1200. The van der Waals surface area contributed by atoms with E-state index in [0.717, 1.165) is 9.13 Å². The Morgan fingerprint density at radius 1 is 1.34 bits per heavy atom. The van der Waals surface area contributed by atoms with Crippen LogP contribution in [0.4, 0.5) is 11.4 Å². The summed E-state index contributed by atoms with van der Waals surface area (Å²) in [7, 11) is 0. The number of rotatable bonds is 5. The Hall–Kier alpha value is -3.35. The quantitative estimate of drug-likeness (QED) is 0.458. The number of aromatic nitrogens is 2. The van der Waals surface area contributed by atoms with Crippen molar-refractivity contribution >= 4 is 17.3 Å². The number of ether oxygens (including phenoxy) is 1. The van der Waals surface area contributed by atoms with Crippen molar-refractivity contribution < 1.29 is 24.7 Å². The van der Waals surface area contributed by atoms with Crippen molar-refractivity contribution in [2.24, 2.45) is 0 Å². The van der Waals surface area contributed by atoms with Gasteiger partial charge >= 0.3 is 5.69 Å². The zero-order valence-corrected chi connectivity index (χ0v) is 17.2. The van der Waals surface area contributed by atoms with Gasteiger partial charge < -0.3 is 19.8 Å². The zero-order chi connectivity index (χ0) is 23.2. The van der Waals surface area contributed by atoms with Gasteiger partial charge in [0.05, 0.1) is 17.6 Å². The standard InChI is InChI=1S/C20H22N4O8/c1-11-8-22(18-7-15(26)16(10-25)32-18)20(29)23(19(11)28)9-17(27)21-5-4-12-6-13(24(30)31)2-3-14(12)21/h2-3,6,8,15-16,18,25-26H,4-5,7,9-10H2,1H3/t15-,16-,18-/m0/s1. The van der Waals surface area contributed by atoms with Crippen LogP contribution in [0.1, 0.15) is 23.8 Å². The van der Waals surface area contributed by atoms with E-state index >= 15 is 0 Å². The lowest BCUT2D eigenvalue weighted by molar-refractivity contribution is -0.384. The fourth-order valence-corrected chi connectivity index (χ4v) is 4.14. The number of aliphatic hydroxyl groups excluding tert-OH is 2. The first-order valence-electron chi connectivity index (χ1n) is 10.1. The average molecular weight is 446 g/mol. The number of benzene rings is 1. The van der Waals surface area contributed by atoms with Crippen LogP contribution in [0.3, 0.4) is 0 Å². The van der Waals surface area contributed by atoms with Gasteiger partial charge in [-0.2, -0.15) is 0 Å². The van der Waals surface area contributed by atoms with E-state index in [9.17, 15) is 34.7 Å². The molecule has 4 rings (SSSR count). The number of fused-ring (bicyclic) bond motifs is 1. The van der Waals surface area contributed by atoms with E-state index < -0.39 is 53.7 Å². The predicted octanol–water partition coefficient (Wildman–Crippen LogP) is -0.543. The summed E-state index contributed by atoms with van der Waals surface area (Å²) >= 11 is 0. The average Bonchev–Trinajstić information content (AvgIpc) is 3.36. The summed E-state index contributed by atoms with van der Waals surface area (Å²) in [5.74, 6) is -0.505. The molecule has 2 aliphatic heterocycles. The minimum atomic E-state index is -0.968. The monoisotopic (exact) mass is 446 g/mol. The van der Waals surface area contributed by atoms with Crippen molar-refractivity contribution in [3.8, 4) is 0 Å². The normalized spacial score (nSPS) is 22.2. The lowest BCUT2D eigenvalue weighted by atomic mass is 10.1. The van der Waals surface area contributed by atoms with E-state index in [0.29, 0.717) is 17.7 Å². The van der Waals surface area contributed by atoms with E-state index in [1.54, 1.807) is 0 Å². The van der Waals surface area contributed by atoms with Gasteiger partial charge in [-0.25, -0.2) is 4.79 Å². The van der Waals surface area contributed by atoms with Crippen LogP contribution in [0.25, 0.3) is 0 Å². The van der Waals surface area contributed by atoms with Crippen LogP contribution in [-0.4, -0.2) is 55.5 Å². The lowest BCUT2D eigenvalue weighted by Gasteiger charge is -2.20. The van der Waals surface area contributed by atoms with E-state index in [1.807, 2.05) is 0 Å². The Morgan fingerprint density at radius 2 is 2.09 bits per heavy atom. The number of aliphatic hydroxyl groups is 2. The highest BCUT2D eigenvalue weighted by Gasteiger charge is 2.36. The van der Waals surface area contributed by atoms with Crippen LogP contribution in [0.5, 0.6) is 0 Å². The summed E-state index contributed by atoms with van der Waals surface area (Å²) in [5.41, 5.74) is -0.108. The highest BCUT2D eigenvalue weighted by Crippen LogP contribution is 2.31. The van der Waals surface area contributed by atoms with Gasteiger partial charge in [0.1, 0.15) is 18.9 Å². The topological polar surface area (TPSA) is 157 Å². The molecule has 12 nitrogen and oxygen atoms in total. The fourth-order valence-electron chi connectivity index (χ4n) is 4.14. The van der Waals surface area contributed by atoms with Crippen LogP contribution in [0.2, 0.25) is 0 Å². The molecule has 2 N–H and O–H groups in total. The largest absolute Gasteiger partial charge is 0.394 e. The van der Waals surface area contributed by atoms with Crippen LogP contribution in [0, 0.1) is 17.0 Å². The van der Waals surface area contributed by atoms with Crippen LogP contribution in [-0.2, 0) is 22.5 Å². The molecule has 1 fully saturated rings. The van der Waals surface area contributed by atoms with Crippen molar-refractivity contribution in [1.29, 1.82) is 0 Å². The molecule has 1 aromatic heterocycles. The molecule has 3 atom stereocenters. The summed E-state index contributed by atoms with van der Waals surface area (Å²) in [6.07, 6.45) is -0.916. The third kappa shape index (κ3) is 3.72. The molecule has 32 heavy (non-hydrogen) atoms. The molecule has 0 spiro atoms. The van der Waals surface area contributed by atoms with Gasteiger partial charge in [-0.1, -0.05) is 0 Å². The Labute approximate surface area is 181 Å². The first-order chi connectivity index (χ1) is 15.2. The number of anilines is 1. The molecule has 12 heteroatoms. The molecular weight excluding hydrogens is 424 g/mol. The predicted molar refractivity (Wildman–Crippen MR) is 110 cm³/mol. The number of hydrogen-bond acceptors (Lipinski definition) is 8. The second-order valence-corrected chi connectivity index (χ2v) is 7.87. The van der Waals surface area contributed by atoms with Gasteiger partial charge in [-0.15, -0.1) is 0 Å². The maximum Gasteiger partial charge on any atom is 0.333 e. The molecule has 0 unspecified atom stereocenters. The van der Waals surface area contributed by atoms with Crippen molar-refractivity contribution in [2.45, 2.75) is 44.7 Å². The van der Waals surface area contributed by atoms with Crippen LogP contribution >= 0.6 is 0 Å². The Kier molecular flexibility index (Phi) is 5.67. The zero-order valence-electron chi connectivity index (χ0n) is 17.2. The van der Waals surface area contributed by atoms with Crippen molar-refractivity contribution in [3.05, 3.63) is 66.5 Å². The first-order valence-corrected chi connectivity index (χ1v) is 10.1. The van der Waals surface area contributed by atoms with Crippen molar-refractivity contribution in [2.75, 3.05) is 18.1 Å². The summed E-state index contributed by atoms with van der Waals surface area (Å²) in [6, 6.07) is 4.20. The molecule has 0 radical (unpaired) electrons. The molecule has 3 heterocycles. The van der Waals surface area contributed by atoms with Gasteiger partial charge in [0.25, 0.3) is 11.2 Å². The highest BCUT2D eigenvalue weighted by molar-refractivity contribution is 5.95. The highest BCUT2D eigenvalue weighted by atomic mass is 16.6. The van der Waals surface area contributed by atoms with E-state index in [4.69, 9.17) is 4.74 Å². The van der Waals surface area contributed by atoms with E-state index in [1.165, 1.54) is 36.2 Å².